The van der Waals surface area contributed by atoms with Crippen LogP contribution in [0.4, 0.5) is 0 Å². The molecule has 0 saturated heterocycles. The molecule has 0 aliphatic rings. The normalized spacial score (nSPS) is 13.0. The van der Waals surface area contributed by atoms with Crippen LogP contribution in [0, 0.1) is 58.5 Å². The minimum atomic E-state index is -3.92. The van der Waals surface area contributed by atoms with Crippen molar-refractivity contribution in [2.75, 3.05) is 20.5 Å². The molecule has 83 heavy (non-hydrogen) atoms. The molecule has 0 unspecified atom stereocenters. The number of nitrogens with zero attached hydrogens (tertiary/aromatic N) is 4. The minimum absolute atomic E-state index is 0. The number of aryl methyl sites for hydroxylation is 4. The van der Waals surface area contributed by atoms with Crippen LogP contribution in [0.1, 0.15) is 51.6 Å². The summed E-state index contributed by atoms with van der Waals surface area (Å²) in [6.07, 6.45) is 13.7. The van der Waals surface area contributed by atoms with Crippen molar-refractivity contribution in [3.8, 4) is 57.9 Å². The summed E-state index contributed by atoms with van der Waals surface area (Å²) in [7, 11) is 8.08. The van der Waals surface area contributed by atoms with E-state index in [4.69, 9.17) is 54.0 Å². The number of benzene rings is 6. The van der Waals surface area contributed by atoms with Gasteiger partial charge in [-0.1, -0.05) is 109 Å². The largest absolute Gasteiger partial charge is 0.748 e. The predicted octanol–water partition coefficient (Wildman–Crippen LogP) is 13.5. The molecular formula is C66H62B3Ir2N4O7S-4. The fourth-order valence-electron chi connectivity index (χ4n) is 6.92. The number of aliphatic hydroxyl groups excluding tert-OH is 2. The Morgan fingerprint density at radius 1 is 0.518 bits per heavy atom. The molecule has 12 aromatic rings. The maximum absolute atomic E-state index is 9.08. The first-order valence-corrected chi connectivity index (χ1v) is 25.1. The third-order valence-electron chi connectivity index (χ3n) is 10.0. The maximum Gasteiger partial charge on any atom is 0.144 e. The van der Waals surface area contributed by atoms with Gasteiger partial charge in [0.2, 0.25) is 0 Å². The molecule has 0 spiro atoms. The van der Waals surface area contributed by atoms with Crippen LogP contribution in [-0.2, 0) is 50.3 Å². The molecule has 7 radical (unpaired) electrons. The summed E-state index contributed by atoms with van der Waals surface area (Å²) in [4.78, 5) is 16.6. The van der Waals surface area contributed by atoms with Crippen LogP contribution in [0.5, 0.6) is 0 Å². The van der Waals surface area contributed by atoms with Crippen molar-refractivity contribution in [1.82, 2.24) is 19.9 Å². The third-order valence-corrected chi connectivity index (χ3v) is 10.0. The number of rotatable bonds is 4. The molecule has 0 aliphatic carbocycles. The number of para-hydroxylation sites is 3. The predicted molar refractivity (Wildman–Crippen MR) is 334 cm³/mol. The van der Waals surface area contributed by atoms with E-state index in [0.717, 1.165) is 83.3 Å². The van der Waals surface area contributed by atoms with Gasteiger partial charge in [0.1, 0.15) is 16.7 Å². The average Bonchev–Trinajstić information content (AvgIpc) is 1.67. The molecule has 0 atom stereocenters. The molecule has 0 amide bonds. The molecule has 0 aliphatic heterocycles. The third kappa shape index (κ3) is 22.9. The summed E-state index contributed by atoms with van der Waals surface area (Å²) in [6.45, 7) is -9.13. The topological polar surface area (TPSA) is 175 Å². The Bertz CT molecular complexity index is 4320. The molecule has 12 rings (SSSR count). The number of aliphatic hydroxyl groups is 2. The Labute approximate surface area is 542 Å². The van der Waals surface area contributed by atoms with Gasteiger partial charge in [-0.2, -0.15) is 0 Å². The Morgan fingerprint density at radius 2 is 0.916 bits per heavy atom. The average molecular weight is 1490 g/mol. The number of fused-ring (bicyclic) bond motifs is 6. The van der Waals surface area contributed by atoms with E-state index in [1.54, 1.807) is 48.5 Å². The van der Waals surface area contributed by atoms with Crippen molar-refractivity contribution in [3.05, 3.63) is 241 Å². The molecular weight excluding hydrogens is 1410 g/mol. The quantitative estimate of drug-likeness (QED) is 0.0742. The van der Waals surface area contributed by atoms with Crippen LogP contribution in [0.25, 0.3) is 88.9 Å². The van der Waals surface area contributed by atoms with Gasteiger partial charge >= 0.3 is 0 Å². The second-order valence-electron chi connectivity index (χ2n) is 15.3. The first kappa shape index (κ1) is 50.0. The van der Waals surface area contributed by atoms with Gasteiger partial charge in [0.25, 0.3) is 0 Å². The number of pyridine rings is 4. The monoisotopic (exact) mass is 1490 g/mol. The van der Waals surface area contributed by atoms with E-state index in [2.05, 4.69) is 66.5 Å². The van der Waals surface area contributed by atoms with Gasteiger partial charge in [0.05, 0.1) is 26.9 Å². The second-order valence-corrected chi connectivity index (χ2v) is 16.7. The molecule has 0 bridgehead atoms. The summed E-state index contributed by atoms with van der Waals surface area (Å²) in [5.74, 6) is 0. The molecule has 0 saturated carbocycles. The summed E-state index contributed by atoms with van der Waals surface area (Å²) in [6, 6.07) is 53.7. The van der Waals surface area contributed by atoms with Crippen molar-refractivity contribution in [1.29, 1.82) is 0 Å². The van der Waals surface area contributed by atoms with E-state index in [9.17, 15) is 0 Å². The van der Waals surface area contributed by atoms with Crippen molar-refractivity contribution < 1.29 is 94.2 Å². The number of furan rings is 2. The fraction of sp³-hybridized carbons (Fsp3) is 0.121. The second kappa shape index (κ2) is 39.0. The van der Waals surface area contributed by atoms with Crippen LogP contribution < -0.4 is 0 Å². The first-order valence-electron chi connectivity index (χ1n) is 31.2. The van der Waals surface area contributed by atoms with E-state index in [0.29, 0.717) is 34.1 Å². The Hall–Kier alpha value is -7.60. The van der Waals surface area contributed by atoms with Gasteiger partial charge in [-0.15, -0.1) is 103 Å². The van der Waals surface area contributed by atoms with Crippen LogP contribution in [-0.4, -0.2) is 86.1 Å². The molecule has 6 aromatic heterocycles. The molecule has 6 aromatic carbocycles. The van der Waals surface area contributed by atoms with E-state index >= 15 is 0 Å². The van der Waals surface area contributed by atoms with E-state index < -0.39 is 37.5 Å². The maximum atomic E-state index is 9.08. The number of hydrogen-bond donors (Lipinski definition) is 2. The number of aromatic nitrogens is 4. The van der Waals surface area contributed by atoms with Crippen molar-refractivity contribution >= 4 is 76.5 Å². The van der Waals surface area contributed by atoms with Gasteiger partial charge in [0, 0.05) is 146 Å². The fourth-order valence-corrected chi connectivity index (χ4v) is 6.92. The summed E-state index contributed by atoms with van der Waals surface area (Å²) >= 11 is 0. The van der Waals surface area contributed by atoms with Crippen LogP contribution in [0.2, 0.25) is 0 Å². The van der Waals surface area contributed by atoms with Crippen molar-refractivity contribution in [2.45, 2.75) is 34.8 Å². The zero-order chi connectivity index (χ0) is 71.9. The summed E-state index contributed by atoms with van der Waals surface area (Å²) < 4.78 is 160. The molecule has 17 heteroatoms. The van der Waals surface area contributed by atoms with Crippen molar-refractivity contribution in [3.63, 3.8) is 0 Å². The molecule has 11 nitrogen and oxygen atoms in total. The zero-order valence-corrected chi connectivity index (χ0v) is 49.5. The van der Waals surface area contributed by atoms with Crippen LogP contribution in [0.15, 0.2) is 209 Å². The molecule has 2 N–H and O–H groups in total. The molecule has 0 fully saturated rings. The Morgan fingerprint density at radius 3 is 1.36 bits per heavy atom. The Balaban J connectivity index is 0.000000624. The number of hydrogen-bond acceptors (Lipinski definition) is 11. The SMILES string of the molecule is C.C#C.CO.CO.CS(=O)(=O)[O-].[2H]C([2H])([2H])c1ccc(-c2[c-]cccc2)nc1.[2H]C([2H])([2H])c1ccc(-c2[c-]cccc2)nc1.[2H]c1c(C([2H])([2H])[2H])cnc(-c2[c-]ccc3c2oc2ccccc23)c1[2H].[2H]c1c(C([2H])([2H])[2H])cnc(-c2cccc3c2oc2ccccc23)c1[2H].[B][B][B].[Ir].[Ir]. The van der Waals surface area contributed by atoms with Crippen LogP contribution in [0.3, 0.4) is 0 Å². The standard InChI is InChI=1S/C18H13NO.C18H12NO.2C12H10N.C2H2.CH4O3S.2CH4O.CH4.B3.2Ir/c2*1-12-9-10-16(19-11-12)15-7-4-6-14-13-5-2-3-8-17(13)20-18(14)15;2*1-10-7-8-12(13-9-10)11-5-3-2-4-6-11;1-2;1-5(2,3)4;2*1-2;;1-3-2;;/h2-11H,1H3;2-6,8-11H,1H3;2*2-5,7-9H,1H3;1-2H;1H3,(H,2,3,4);2*2H,1H3;1H4;;;/q;3*-1;;;;;;;;/p-1/i2*1D3,9D,10D;2*1D3;;;;;;;;. The van der Waals surface area contributed by atoms with Gasteiger partial charge < -0.3 is 38.6 Å². The smallest absolute Gasteiger partial charge is 0.144 e. The van der Waals surface area contributed by atoms with Gasteiger partial charge in [-0.3, -0.25) is 4.98 Å². The minimum Gasteiger partial charge on any atom is -0.748 e. The van der Waals surface area contributed by atoms with Gasteiger partial charge in [-0.25, -0.2) is 8.42 Å². The number of terminal acetylenes is 1. The molecule has 425 valence electrons. The first-order chi connectivity index (χ1) is 45.3. The van der Waals surface area contributed by atoms with E-state index in [1.807, 2.05) is 103 Å². The van der Waals surface area contributed by atoms with E-state index in [-0.39, 0.29) is 105 Å². The summed E-state index contributed by atoms with van der Waals surface area (Å²) in [5, 5.41) is 17.6. The zero-order valence-electron chi connectivity index (χ0n) is 59.9. The van der Waals surface area contributed by atoms with Gasteiger partial charge in [-0.05, 0) is 91.0 Å². The van der Waals surface area contributed by atoms with Crippen molar-refractivity contribution in [2.24, 2.45) is 0 Å². The van der Waals surface area contributed by atoms with E-state index in [1.165, 1.54) is 12.4 Å². The summed E-state index contributed by atoms with van der Waals surface area (Å²) in [5.41, 5.74) is 7.20. The van der Waals surface area contributed by atoms with Crippen LogP contribution >= 0.6 is 0 Å². The molecule has 6 heterocycles. The Kier molecular flexibility index (Phi) is 23.5. The van der Waals surface area contributed by atoms with Gasteiger partial charge in [0.15, 0.2) is 0 Å².